The third-order valence-corrected chi connectivity index (χ3v) is 4.92. The number of nitrogens with two attached hydrogens (primary N) is 1. The Morgan fingerprint density at radius 3 is 2.63 bits per heavy atom. The van der Waals surface area contributed by atoms with E-state index in [2.05, 4.69) is 12.2 Å². The standard InChI is InChI=1S/C21H30N2O4/c1-14-8-6-11-17(13-23-19(25)27-20(2,3)4)21(14,26-5)16-10-7-9-15(12-16)18(22)24/h7,9-10,12-14H,6,8,11H2,1-5H3,(H2,22,24)(H,23,25)/b17-13+. The van der Waals surface area contributed by atoms with Crippen LogP contribution in [0, 0.1) is 5.92 Å². The topological polar surface area (TPSA) is 90.6 Å². The second-order valence-electron chi connectivity index (χ2n) is 7.99. The van der Waals surface area contributed by atoms with Crippen LogP contribution in [0.15, 0.2) is 36.0 Å². The lowest BCUT2D eigenvalue weighted by Crippen LogP contribution is -2.42. The number of rotatable bonds is 4. The second kappa shape index (κ2) is 8.13. The van der Waals surface area contributed by atoms with Crippen LogP contribution in [-0.4, -0.2) is 24.7 Å². The van der Waals surface area contributed by atoms with E-state index in [1.807, 2.05) is 26.8 Å². The fraction of sp³-hybridized carbons (Fsp3) is 0.524. The molecule has 0 spiro atoms. The Morgan fingerprint density at radius 2 is 2.04 bits per heavy atom. The molecule has 0 saturated heterocycles. The SMILES string of the molecule is COC1(c2cccc(C(N)=O)c2)/C(=C/NC(=O)OC(C)(C)C)CCCC1C. The predicted octanol–water partition coefficient (Wildman–Crippen LogP) is 3.86. The van der Waals surface area contributed by atoms with Crippen molar-refractivity contribution in [3.8, 4) is 0 Å². The minimum atomic E-state index is -0.737. The van der Waals surface area contributed by atoms with Gasteiger partial charge in [0.25, 0.3) is 0 Å². The maximum Gasteiger partial charge on any atom is 0.411 e. The number of benzene rings is 1. The van der Waals surface area contributed by atoms with Gasteiger partial charge < -0.3 is 15.2 Å². The van der Waals surface area contributed by atoms with E-state index in [0.29, 0.717) is 5.56 Å². The summed E-state index contributed by atoms with van der Waals surface area (Å²) >= 11 is 0. The highest BCUT2D eigenvalue weighted by Gasteiger charge is 2.44. The van der Waals surface area contributed by atoms with E-state index in [9.17, 15) is 9.59 Å². The summed E-state index contributed by atoms with van der Waals surface area (Å²) in [6.07, 6.45) is 3.91. The summed E-state index contributed by atoms with van der Waals surface area (Å²) in [6.45, 7) is 7.56. The van der Waals surface area contributed by atoms with Crippen molar-refractivity contribution < 1.29 is 19.1 Å². The zero-order valence-corrected chi connectivity index (χ0v) is 16.8. The fourth-order valence-corrected chi connectivity index (χ4v) is 3.76. The van der Waals surface area contributed by atoms with E-state index >= 15 is 0 Å². The van der Waals surface area contributed by atoms with Gasteiger partial charge in [0.05, 0.1) is 0 Å². The Bertz CT molecular complexity index is 736. The van der Waals surface area contributed by atoms with Gasteiger partial charge in [-0.1, -0.05) is 19.1 Å². The molecule has 6 heteroatoms. The first-order chi connectivity index (χ1) is 12.6. The molecule has 1 aromatic carbocycles. The maximum absolute atomic E-state index is 12.1. The summed E-state index contributed by atoms with van der Waals surface area (Å²) in [5, 5.41) is 2.73. The van der Waals surface area contributed by atoms with Crippen LogP contribution in [0.2, 0.25) is 0 Å². The molecule has 2 rings (SSSR count). The van der Waals surface area contributed by atoms with Gasteiger partial charge in [-0.3, -0.25) is 10.1 Å². The largest absolute Gasteiger partial charge is 0.444 e. The number of carbonyl (C=O) groups is 2. The summed E-state index contributed by atoms with van der Waals surface area (Å²) in [5.74, 6) is -0.324. The smallest absolute Gasteiger partial charge is 0.411 e. The summed E-state index contributed by atoms with van der Waals surface area (Å²) in [4.78, 5) is 23.7. The predicted molar refractivity (Wildman–Crippen MR) is 104 cm³/mol. The summed E-state index contributed by atoms with van der Waals surface area (Å²) < 4.78 is 11.4. The lowest BCUT2D eigenvalue weighted by molar-refractivity contribution is -0.0434. The average Bonchev–Trinajstić information content (AvgIpc) is 2.59. The molecule has 0 aromatic heterocycles. The average molecular weight is 374 g/mol. The molecule has 1 aromatic rings. The Morgan fingerprint density at radius 1 is 1.33 bits per heavy atom. The van der Waals surface area contributed by atoms with Crippen LogP contribution in [0.3, 0.4) is 0 Å². The molecule has 3 N–H and O–H groups in total. The minimum Gasteiger partial charge on any atom is -0.444 e. The molecular formula is C21H30N2O4. The molecule has 2 atom stereocenters. The van der Waals surface area contributed by atoms with Gasteiger partial charge in [-0.05, 0) is 69.2 Å². The van der Waals surface area contributed by atoms with Crippen LogP contribution in [0.25, 0.3) is 0 Å². The first-order valence-electron chi connectivity index (χ1n) is 9.24. The first kappa shape index (κ1) is 21.0. The number of hydrogen-bond donors (Lipinski definition) is 2. The third-order valence-electron chi connectivity index (χ3n) is 4.92. The Labute approximate surface area is 161 Å². The number of primary amides is 1. The van der Waals surface area contributed by atoms with E-state index in [0.717, 1.165) is 30.4 Å². The van der Waals surface area contributed by atoms with Gasteiger partial charge >= 0.3 is 6.09 Å². The lowest BCUT2D eigenvalue weighted by atomic mass is 9.69. The van der Waals surface area contributed by atoms with Crippen LogP contribution in [0.4, 0.5) is 4.79 Å². The highest BCUT2D eigenvalue weighted by molar-refractivity contribution is 5.93. The number of amides is 2. The maximum atomic E-state index is 12.1. The van der Waals surface area contributed by atoms with Gasteiger partial charge in [-0.15, -0.1) is 0 Å². The van der Waals surface area contributed by atoms with Crippen molar-refractivity contribution in [3.63, 3.8) is 0 Å². The summed E-state index contributed by atoms with van der Waals surface area (Å²) in [7, 11) is 1.65. The molecule has 0 radical (unpaired) electrons. The molecule has 148 valence electrons. The van der Waals surface area contributed by atoms with Crippen LogP contribution < -0.4 is 11.1 Å². The minimum absolute atomic E-state index is 0.158. The molecule has 1 fully saturated rings. The van der Waals surface area contributed by atoms with E-state index in [1.165, 1.54) is 0 Å². The van der Waals surface area contributed by atoms with E-state index < -0.39 is 23.2 Å². The molecule has 1 saturated carbocycles. The van der Waals surface area contributed by atoms with Crippen LogP contribution in [-0.2, 0) is 15.1 Å². The first-order valence-corrected chi connectivity index (χ1v) is 9.24. The Balaban J connectivity index is 2.42. The van der Waals surface area contributed by atoms with E-state index in [-0.39, 0.29) is 5.92 Å². The lowest BCUT2D eigenvalue weighted by Gasteiger charge is -2.44. The molecule has 2 unspecified atom stereocenters. The quantitative estimate of drug-likeness (QED) is 0.837. The Hall–Kier alpha value is -2.34. The van der Waals surface area contributed by atoms with Gasteiger partial charge in [0.15, 0.2) is 0 Å². The molecule has 2 amide bonds. The summed E-state index contributed by atoms with van der Waals surface area (Å²) in [6, 6.07) is 7.19. The van der Waals surface area contributed by atoms with Crippen molar-refractivity contribution in [1.82, 2.24) is 5.32 Å². The van der Waals surface area contributed by atoms with Crippen molar-refractivity contribution in [3.05, 3.63) is 47.2 Å². The van der Waals surface area contributed by atoms with Gasteiger partial charge in [0.1, 0.15) is 11.2 Å². The fourth-order valence-electron chi connectivity index (χ4n) is 3.76. The number of ether oxygens (including phenoxy) is 2. The zero-order chi connectivity index (χ0) is 20.2. The van der Waals surface area contributed by atoms with Crippen molar-refractivity contribution in [2.24, 2.45) is 11.7 Å². The second-order valence-corrected chi connectivity index (χ2v) is 7.99. The van der Waals surface area contributed by atoms with Crippen LogP contribution >= 0.6 is 0 Å². The molecule has 1 aliphatic rings. The number of methoxy groups -OCH3 is 1. The molecular weight excluding hydrogens is 344 g/mol. The normalized spacial score (nSPS) is 24.5. The number of hydrogen-bond acceptors (Lipinski definition) is 4. The summed E-state index contributed by atoms with van der Waals surface area (Å²) in [5.41, 5.74) is 6.37. The number of nitrogens with one attached hydrogen (secondary N) is 1. The van der Waals surface area contributed by atoms with E-state index in [1.54, 1.807) is 31.5 Å². The van der Waals surface area contributed by atoms with Crippen molar-refractivity contribution in [2.45, 2.75) is 58.2 Å². The van der Waals surface area contributed by atoms with Crippen LogP contribution in [0.5, 0.6) is 0 Å². The molecule has 0 aliphatic heterocycles. The van der Waals surface area contributed by atoms with Gasteiger partial charge in [0.2, 0.25) is 5.91 Å². The van der Waals surface area contributed by atoms with Gasteiger partial charge in [-0.25, -0.2) is 4.79 Å². The highest BCUT2D eigenvalue weighted by Crippen LogP contribution is 2.47. The monoisotopic (exact) mass is 374 g/mol. The van der Waals surface area contributed by atoms with Crippen LogP contribution in [0.1, 0.15) is 62.9 Å². The molecule has 0 heterocycles. The molecule has 27 heavy (non-hydrogen) atoms. The highest BCUT2D eigenvalue weighted by atomic mass is 16.6. The third kappa shape index (κ3) is 4.69. The molecule has 6 nitrogen and oxygen atoms in total. The van der Waals surface area contributed by atoms with Crippen molar-refractivity contribution >= 4 is 12.0 Å². The van der Waals surface area contributed by atoms with Crippen molar-refractivity contribution in [2.75, 3.05) is 7.11 Å². The molecule has 0 bridgehead atoms. The number of alkyl carbamates (subject to hydrolysis) is 1. The Kier molecular flexibility index (Phi) is 6.31. The zero-order valence-electron chi connectivity index (χ0n) is 16.8. The van der Waals surface area contributed by atoms with E-state index in [4.69, 9.17) is 15.2 Å². The molecule has 1 aliphatic carbocycles. The number of carbonyl (C=O) groups excluding carboxylic acids is 2. The van der Waals surface area contributed by atoms with Crippen molar-refractivity contribution in [1.29, 1.82) is 0 Å². The van der Waals surface area contributed by atoms with Gasteiger partial charge in [-0.2, -0.15) is 0 Å². The van der Waals surface area contributed by atoms with Gasteiger partial charge in [0, 0.05) is 18.9 Å².